The highest BCUT2D eigenvalue weighted by atomic mass is 16.3. The Balaban J connectivity index is 1.50. The van der Waals surface area contributed by atoms with Gasteiger partial charge in [-0.2, -0.15) is 0 Å². The number of aromatic nitrogens is 1. The Morgan fingerprint density at radius 1 is 1.29 bits per heavy atom. The van der Waals surface area contributed by atoms with Crippen LogP contribution in [-0.4, -0.2) is 57.4 Å². The third-order valence-electron chi connectivity index (χ3n) is 6.13. The molecule has 2 amide bonds. The smallest absolute Gasteiger partial charge is 0.256 e. The highest BCUT2D eigenvalue weighted by Crippen LogP contribution is 2.44. The number of piperidine rings is 1. The average Bonchev–Trinajstić information content (AvgIpc) is 2.77. The second kappa shape index (κ2) is 5.28. The van der Waals surface area contributed by atoms with Crippen LogP contribution in [0.1, 0.15) is 54.6 Å². The van der Waals surface area contributed by atoms with Gasteiger partial charge in [0.05, 0.1) is 28.8 Å². The summed E-state index contributed by atoms with van der Waals surface area (Å²) in [4.78, 5) is 33.1. The van der Waals surface area contributed by atoms with Crippen LogP contribution in [0, 0.1) is 0 Å². The van der Waals surface area contributed by atoms with Gasteiger partial charge in [0.15, 0.2) is 0 Å². The van der Waals surface area contributed by atoms with Crippen LogP contribution in [0.2, 0.25) is 0 Å². The van der Waals surface area contributed by atoms with E-state index in [0.717, 1.165) is 25.0 Å². The Hall–Kier alpha value is -1.95. The number of rotatable bonds is 2. The second-order valence-electron chi connectivity index (χ2n) is 7.43. The first kappa shape index (κ1) is 15.6. The molecule has 1 saturated carbocycles. The lowest BCUT2D eigenvalue weighted by atomic mass is 9.77. The molecule has 2 fully saturated rings. The molecule has 1 aromatic rings. The Morgan fingerprint density at radius 2 is 2.00 bits per heavy atom. The van der Waals surface area contributed by atoms with Crippen LogP contribution in [0.5, 0.6) is 0 Å². The van der Waals surface area contributed by atoms with Crippen molar-refractivity contribution in [1.29, 1.82) is 0 Å². The fourth-order valence-electron chi connectivity index (χ4n) is 4.34. The first-order chi connectivity index (χ1) is 11.5. The molecule has 24 heavy (non-hydrogen) atoms. The molecule has 6 heteroatoms. The molecule has 0 atom stereocenters. The van der Waals surface area contributed by atoms with Gasteiger partial charge in [-0.3, -0.25) is 14.6 Å². The van der Waals surface area contributed by atoms with E-state index in [1.165, 1.54) is 0 Å². The van der Waals surface area contributed by atoms with E-state index in [9.17, 15) is 14.7 Å². The fraction of sp³-hybridized carbons (Fsp3) is 0.611. The van der Waals surface area contributed by atoms with Crippen LogP contribution in [0.4, 0.5) is 0 Å². The minimum Gasteiger partial charge on any atom is -0.389 e. The quantitative estimate of drug-likeness (QED) is 0.887. The highest BCUT2D eigenvalue weighted by Gasteiger charge is 2.51. The maximum Gasteiger partial charge on any atom is 0.256 e. The van der Waals surface area contributed by atoms with Crippen molar-refractivity contribution in [3.63, 3.8) is 0 Å². The number of likely N-dealkylation sites (tertiary alicyclic amines) is 1. The van der Waals surface area contributed by atoms with Gasteiger partial charge in [0.25, 0.3) is 5.91 Å². The van der Waals surface area contributed by atoms with Crippen LogP contribution in [0.25, 0.3) is 0 Å². The van der Waals surface area contributed by atoms with E-state index >= 15 is 0 Å². The molecule has 1 spiro atoms. The summed E-state index contributed by atoms with van der Waals surface area (Å²) < 4.78 is 0. The molecule has 1 saturated heterocycles. The summed E-state index contributed by atoms with van der Waals surface area (Å²) in [5.41, 5.74) is 0.365. The summed E-state index contributed by atoms with van der Waals surface area (Å²) in [6.07, 6.45) is 5.81. The zero-order valence-electron chi connectivity index (χ0n) is 14.0. The lowest BCUT2D eigenvalue weighted by Crippen LogP contribution is -2.53. The second-order valence-corrected chi connectivity index (χ2v) is 7.43. The Labute approximate surface area is 141 Å². The summed E-state index contributed by atoms with van der Waals surface area (Å²) >= 11 is 0. The zero-order chi connectivity index (χ0) is 16.9. The predicted molar refractivity (Wildman–Crippen MR) is 87.2 cm³/mol. The maximum absolute atomic E-state index is 12.5. The van der Waals surface area contributed by atoms with Crippen LogP contribution in [0.15, 0.2) is 18.3 Å². The van der Waals surface area contributed by atoms with Gasteiger partial charge in [0.1, 0.15) is 0 Å². The van der Waals surface area contributed by atoms with Crippen LogP contribution in [-0.2, 0) is 10.3 Å². The average molecular weight is 329 g/mol. The molecule has 128 valence electrons. The summed E-state index contributed by atoms with van der Waals surface area (Å²) in [7, 11) is 1.83. The third kappa shape index (κ3) is 2.16. The molecule has 1 N–H and O–H groups in total. The van der Waals surface area contributed by atoms with Crippen molar-refractivity contribution >= 4 is 11.8 Å². The number of fused-ring (bicyclic) bond motifs is 2. The standard InChI is InChI=1S/C18H23N3O3/c1-20-16(23)13-4-2-9-19-15(13)18(20)7-10-21(11-8-18)14(22)12-17(24)5-3-6-17/h2,4,9,24H,3,5-8,10-12H2,1H3. The normalized spacial score (nSPS) is 24.0. The molecule has 3 heterocycles. The molecular weight excluding hydrogens is 306 g/mol. The first-order valence-corrected chi connectivity index (χ1v) is 8.69. The van der Waals surface area contributed by atoms with E-state index in [-0.39, 0.29) is 18.2 Å². The van der Waals surface area contributed by atoms with Gasteiger partial charge in [-0.1, -0.05) is 0 Å². The molecule has 0 unspecified atom stereocenters. The lowest BCUT2D eigenvalue weighted by molar-refractivity contribution is -0.142. The number of carbonyl (C=O) groups is 2. The molecule has 1 aromatic heterocycles. The van der Waals surface area contributed by atoms with Crippen molar-refractivity contribution in [2.24, 2.45) is 0 Å². The molecule has 6 nitrogen and oxygen atoms in total. The van der Waals surface area contributed by atoms with Crippen molar-refractivity contribution in [2.75, 3.05) is 20.1 Å². The first-order valence-electron chi connectivity index (χ1n) is 8.69. The van der Waals surface area contributed by atoms with Crippen LogP contribution in [0.3, 0.4) is 0 Å². The molecule has 1 aliphatic carbocycles. The Bertz CT molecular complexity index is 691. The molecule has 0 radical (unpaired) electrons. The van der Waals surface area contributed by atoms with Gasteiger partial charge < -0.3 is 14.9 Å². The van der Waals surface area contributed by atoms with Crippen molar-refractivity contribution in [3.05, 3.63) is 29.6 Å². The van der Waals surface area contributed by atoms with Gasteiger partial charge in [0.2, 0.25) is 5.91 Å². The number of hydrogen-bond donors (Lipinski definition) is 1. The SMILES string of the molecule is CN1C(=O)c2cccnc2C12CCN(C(=O)CC1(O)CCC1)CC2. The number of aliphatic hydroxyl groups is 1. The minimum atomic E-state index is -0.777. The number of carbonyl (C=O) groups excluding carboxylic acids is 2. The highest BCUT2D eigenvalue weighted by molar-refractivity contribution is 5.99. The molecule has 4 rings (SSSR count). The summed E-state index contributed by atoms with van der Waals surface area (Å²) in [6.45, 7) is 1.20. The van der Waals surface area contributed by atoms with E-state index in [0.29, 0.717) is 31.5 Å². The summed E-state index contributed by atoms with van der Waals surface area (Å²) in [5.74, 6) is 0.0435. The van der Waals surface area contributed by atoms with Crippen molar-refractivity contribution in [2.45, 2.75) is 49.7 Å². The predicted octanol–water partition coefficient (Wildman–Crippen LogP) is 1.29. The minimum absolute atomic E-state index is 0.0154. The number of hydrogen-bond acceptors (Lipinski definition) is 4. The van der Waals surface area contributed by atoms with Crippen LogP contribution < -0.4 is 0 Å². The number of pyridine rings is 1. The number of nitrogens with zero attached hydrogens (tertiary/aromatic N) is 3. The van der Waals surface area contributed by atoms with Gasteiger partial charge in [0, 0.05) is 26.3 Å². The van der Waals surface area contributed by atoms with Crippen molar-refractivity contribution in [3.8, 4) is 0 Å². The van der Waals surface area contributed by atoms with Crippen molar-refractivity contribution < 1.29 is 14.7 Å². The molecular formula is C18H23N3O3. The van der Waals surface area contributed by atoms with Crippen LogP contribution >= 0.6 is 0 Å². The van der Waals surface area contributed by atoms with Gasteiger partial charge in [-0.15, -0.1) is 0 Å². The molecule has 0 aromatic carbocycles. The fourth-order valence-corrected chi connectivity index (χ4v) is 4.34. The Morgan fingerprint density at radius 3 is 2.62 bits per heavy atom. The van der Waals surface area contributed by atoms with E-state index in [4.69, 9.17) is 0 Å². The lowest BCUT2D eigenvalue weighted by Gasteiger charge is -2.44. The van der Waals surface area contributed by atoms with Gasteiger partial charge in [-0.25, -0.2) is 0 Å². The third-order valence-corrected chi connectivity index (χ3v) is 6.13. The zero-order valence-corrected chi connectivity index (χ0v) is 14.0. The monoisotopic (exact) mass is 329 g/mol. The van der Waals surface area contributed by atoms with Gasteiger partial charge >= 0.3 is 0 Å². The summed E-state index contributed by atoms with van der Waals surface area (Å²) in [6, 6.07) is 3.63. The van der Waals surface area contributed by atoms with E-state index in [2.05, 4.69) is 4.98 Å². The Kier molecular flexibility index (Phi) is 3.42. The molecule has 0 bridgehead atoms. The largest absolute Gasteiger partial charge is 0.389 e. The topological polar surface area (TPSA) is 73.7 Å². The maximum atomic E-state index is 12.5. The van der Waals surface area contributed by atoms with E-state index < -0.39 is 11.1 Å². The van der Waals surface area contributed by atoms with E-state index in [1.807, 2.05) is 18.0 Å². The van der Waals surface area contributed by atoms with Gasteiger partial charge in [-0.05, 0) is 44.2 Å². The van der Waals surface area contributed by atoms with Crippen molar-refractivity contribution in [1.82, 2.24) is 14.8 Å². The molecule has 2 aliphatic heterocycles. The number of amides is 2. The summed E-state index contributed by atoms with van der Waals surface area (Å²) in [5, 5.41) is 10.2. The molecule has 3 aliphatic rings. The van der Waals surface area contributed by atoms with E-state index in [1.54, 1.807) is 17.2 Å².